The van der Waals surface area contributed by atoms with Gasteiger partial charge in [0.2, 0.25) is 0 Å². The Balaban J connectivity index is 2.30. The van der Waals surface area contributed by atoms with Gasteiger partial charge in [0, 0.05) is 11.3 Å². The Morgan fingerprint density at radius 1 is 1.15 bits per heavy atom. The van der Waals surface area contributed by atoms with Crippen molar-refractivity contribution in [2.45, 2.75) is 27.2 Å². The molecule has 2 aromatic rings. The minimum Gasteiger partial charge on any atom is -0.508 e. The minimum absolute atomic E-state index is 0.155. The summed E-state index contributed by atoms with van der Waals surface area (Å²) < 4.78 is 0. The number of para-hydroxylation sites is 1. The molecule has 104 valence electrons. The smallest absolute Gasteiger partial charge is 0.255 e. The first-order valence-corrected chi connectivity index (χ1v) is 6.72. The molecule has 0 atom stereocenters. The van der Waals surface area contributed by atoms with Gasteiger partial charge >= 0.3 is 0 Å². The lowest BCUT2D eigenvalue weighted by atomic mass is 10.0. The second-order valence-electron chi connectivity index (χ2n) is 4.92. The first-order chi connectivity index (χ1) is 9.52. The monoisotopic (exact) mass is 269 g/mol. The lowest BCUT2D eigenvalue weighted by Gasteiger charge is -2.13. The molecule has 0 saturated carbocycles. The number of carbonyl (C=O) groups excluding carboxylic acids is 1. The van der Waals surface area contributed by atoms with E-state index in [0.29, 0.717) is 11.1 Å². The van der Waals surface area contributed by atoms with Crippen LogP contribution >= 0.6 is 0 Å². The molecule has 20 heavy (non-hydrogen) atoms. The van der Waals surface area contributed by atoms with Crippen LogP contribution in [-0.2, 0) is 6.42 Å². The second kappa shape index (κ2) is 5.78. The van der Waals surface area contributed by atoms with Crippen molar-refractivity contribution in [2.75, 3.05) is 5.32 Å². The van der Waals surface area contributed by atoms with Crippen LogP contribution in [0.5, 0.6) is 5.75 Å². The van der Waals surface area contributed by atoms with E-state index in [1.54, 1.807) is 25.1 Å². The van der Waals surface area contributed by atoms with Gasteiger partial charge in [-0.25, -0.2) is 0 Å². The van der Waals surface area contributed by atoms with E-state index in [0.717, 1.165) is 23.2 Å². The van der Waals surface area contributed by atoms with Crippen molar-refractivity contribution in [1.29, 1.82) is 0 Å². The number of carbonyl (C=O) groups is 1. The SMILES string of the molecule is CCc1cccc(C)c1NC(=O)c1ccc(O)c(C)c1. The molecular formula is C17H19NO2. The number of aromatic hydroxyl groups is 1. The van der Waals surface area contributed by atoms with Crippen LogP contribution in [0.1, 0.15) is 34.0 Å². The Morgan fingerprint density at radius 3 is 2.55 bits per heavy atom. The summed E-state index contributed by atoms with van der Waals surface area (Å²) in [7, 11) is 0. The van der Waals surface area contributed by atoms with E-state index >= 15 is 0 Å². The number of amides is 1. The summed E-state index contributed by atoms with van der Waals surface area (Å²) in [5.41, 5.74) is 4.29. The van der Waals surface area contributed by atoms with Crippen molar-refractivity contribution in [1.82, 2.24) is 0 Å². The molecule has 1 amide bonds. The van der Waals surface area contributed by atoms with Crippen molar-refractivity contribution >= 4 is 11.6 Å². The fourth-order valence-corrected chi connectivity index (χ4v) is 2.18. The minimum atomic E-state index is -0.155. The molecular weight excluding hydrogens is 250 g/mol. The van der Waals surface area contributed by atoms with Crippen molar-refractivity contribution in [3.63, 3.8) is 0 Å². The first kappa shape index (κ1) is 14.1. The second-order valence-corrected chi connectivity index (χ2v) is 4.92. The molecule has 0 aliphatic carbocycles. The van der Waals surface area contributed by atoms with E-state index in [1.165, 1.54) is 0 Å². The number of phenolic OH excluding ortho intramolecular Hbond substituents is 1. The number of hydrogen-bond acceptors (Lipinski definition) is 2. The topological polar surface area (TPSA) is 49.3 Å². The van der Waals surface area contributed by atoms with Gasteiger partial charge in [0.25, 0.3) is 5.91 Å². The number of benzene rings is 2. The average Bonchev–Trinajstić information content (AvgIpc) is 2.44. The molecule has 2 N–H and O–H groups in total. The van der Waals surface area contributed by atoms with Crippen molar-refractivity contribution < 1.29 is 9.90 Å². The van der Waals surface area contributed by atoms with E-state index in [4.69, 9.17) is 0 Å². The fourth-order valence-electron chi connectivity index (χ4n) is 2.18. The summed E-state index contributed by atoms with van der Waals surface area (Å²) in [6.45, 7) is 5.82. The van der Waals surface area contributed by atoms with Gasteiger partial charge in [0.1, 0.15) is 5.75 Å². The zero-order valence-electron chi connectivity index (χ0n) is 12.0. The fraction of sp³-hybridized carbons (Fsp3) is 0.235. The Hall–Kier alpha value is -2.29. The molecule has 0 aromatic heterocycles. The van der Waals surface area contributed by atoms with Crippen LogP contribution in [0.3, 0.4) is 0 Å². The maximum Gasteiger partial charge on any atom is 0.255 e. The number of hydrogen-bond donors (Lipinski definition) is 2. The molecule has 0 aliphatic heterocycles. The van der Waals surface area contributed by atoms with E-state index in [-0.39, 0.29) is 11.7 Å². The highest BCUT2D eigenvalue weighted by molar-refractivity contribution is 6.05. The van der Waals surface area contributed by atoms with Gasteiger partial charge in [-0.2, -0.15) is 0 Å². The van der Waals surface area contributed by atoms with Gasteiger partial charge in [-0.05, 0) is 55.2 Å². The molecule has 0 saturated heterocycles. The highest BCUT2D eigenvalue weighted by Gasteiger charge is 2.11. The maximum atomic E-state index is 12.3. The van der Waals surface area contributed by atoms with Crippen LogP contribution < -0.4 is 5.32 Å². The van der Waals surface area contributed by atoms with Crippen LogP contribution in [0.15, 0.2) is 36.4 Å². The predicted molar refractivity (Wildman–Crippen MR) is 81.4 cm³/mol. The average molecular weight is 269 g/mol. The Bertz CT molecular complexity index is 647. The molecule has 0 fully saturated rings. The standard InChI is InChI=1S/C17H19NO2/c1-4-13-7-5-6-11(2)16(13)18-17(20)14-8-9-15(19)12(3)10-14/h5-10,19H,4H2,1-3H3,(H,18,20). The Labute approximate surface area is 119 Å². The molecule has 0 radical (unpaired) electrons. The van der Waals surface area contributed by atoms with Gasteiger partial charge in [-0.1, -0.05) is 25.1 Å². The van der Waals surface area contributed by atoms with Gasteiger partial charge in [0.05, 0.1) is 0 Å². The highest BCUT2D eigenvalue weighted by Crippen LogP contribution is 2.23. The maximum absolute atomic E-state index is 12.3. The third kappa shape index (κ3) is 2.82. The molecule has 2 aromatic carbocycles. The van der Waals surface area contributed by atoms with E-state index in [9.17, 15) is 9.90 Å². The number of phenols is 1. The van der Waals surface area contributed by atoms with Crippen molar-refractivity contribution in [3.8, 4) is 5.75 Å². The zero-order valence-corrected chi connectivity index (χ0v) is 12.0. The predicted octanol–water partition coefficient (Wildman–Crippen LogP) is 3.82. The van der Waals surface area contributed by atoms with Crippen molar-refractivity contribution in [3.05, 3.63) is 58.7 Å². The van der Waals surface area contributed by atoms with Crippen LogP contribution in [0.2, 0.25) is 0 Å². The molecule has 3 nitrogen and oxygen atoms in total. The van der Waals surface area contributed by atoms with Crippen LogP contribution in [0, 0.1) is 13.8 Å². The zero-order chi connectivity index (χ0) is 14.7. The van der Waals surface area contributed by atoms with Gasteiger partial charge in [-0.15, -0.1) is 0 Å². The third-order valence-corrected chi connectivity index (χ3v) is 3.44. The largest absolute Gasteiger partial charge is 0.508 e. The molecule has 0 bridgehead atoms. The summed E-state index contributed by atoms with van der Waals surface area (Å²) in [4.78, 5) is 12.3. The lowest BCUT2D eigenvalue weighted by Crippen LogP contribution is -2.14. The number of anilines is 1. The number of aryl methyl sites for hydroxylation is 3. The van der Waals surface area contributed by atoms with Crippen LogP contribution in [0.25, 0.3) is 0 Å². The first-order valence-electron chi connectivity index (χ1n) is 6.72. The quantitative estimate of drug-likeness (QED) is 0.889. The molecule has 0 aliphatic rings. The van der Waals surface area contributed by atoms with Crippen LogP contribution in [0.4, 0.5) is 5.69 Å². The van der Waals surface area contributed by atoms with E-state index in [2.05, 4.69) is 12.2 Å². The summed E-state index contributed by atoms with van der Waals surface area (Å²) in [5.74, 6) is 0.0452. The number of nitrogens with one attached hydrogen (secondary N) is 1. The van der Waals surface area contributed by atoms with Gasteiger partial charge in [0.15, 0.2) is 0 Å². The lowest BCUT2D eigenvalue weighted by molar-refractivity contribution is 0.102. The molecule has 0 unspecified atom stereocenters. The summed E-state index contributed by atoms with van der Waals surface area (Å²) in [5, 5.41) is 12.5. The van der Waals surface area contributed by atoms with Crippen LogP contribution in [-0.4, -0.2) is 11.0 Å². The third-order valence-electron chi connectivity index (χ3n) is 3.44. The Kier molecular flexibility index (Phi) is 4.08. The normalized spacial score (nSPS) is 10.3. The molecule has 3 heteroatoms. The molecule has 2 rings (SSSR count). The summed E-state index contributed by atoms with van der Waals surface area (Å²) >= 11 is 0. The molecule has 0 spiro atoms. The van der Waals surface area contributed by atoms with Crippen molar-refractivity contribution in [2.24, 2.45) is 0 Å². The molecule has 0 heterocycles. The van der Waals surface area contributed by atoms with Gasteiger partial charge in [-0.3, -0.25) is 4.79 Å². The van der Waals surface area contributed by atoms with Gasteiger partial charge < -0.3 is 10.4 Å². The Morgan fingerprint density at radius 2 is 1.90 bits per heavy atom. The number of rotatable bonds is 3. The van der Waals surface area contributed by atoms with E-state index in [1.807, 2.05) is 25.1 Å². The summed E-state index contributed by atoms with van der Waals surface area (Å²) in [6.07, 6.45) is 0.867. The summed E-state index contributed by atoms with van der Waals surface area (Å²) in [6, 6.07) is 10.9. The van der Waals surface area contributed by atoms with E-state index < -0.39 is 0 Å². The highest BCUT2D eigenvalue weighted by atomic mass is 16.3.